The predicted molar refractivity (Wildman–Crippen MR) is 119 cm³/mol. The van der Waals surface area contributed by atoms with Gasteiger partial charge in [-0.05, 0) is 42.5 Å². The van der Waals surface area contributed by atoms with E-state index >= 15 is 0 Å². The Bertz CT molecular complexity index is 1210. The van der Waals surface area contributed by atoms with Crippen molar-refractivity contribution in [3.05, 3.63) is 70.9 Å². The molecule has 0 radical (unpaired) electrons. The number of allylic oxidation sites excluding steroid dienone is 1. The Kier molecular flexibility index (Phi) is 4.47. The molecule has 1 fully saturated rings. The van der Waals surface area contributed by atoms with Crippen molar-refractivity contribution in [2.45, 2.75) is 25.7 Å². The third kappa shape index (κ3) is 3.20. The van der Waals surface area contributed by atoms with Gasteiger partial charge < -0.3 is 10.3 Å². The normalized spacial score (nSPS) is 19.7. The van der Waals surface area contributed by atoms with Crippen LogP contribution in [0.5, 0.6) is 0 Å². The molecule has 1 saturated carbocycles. The molecule has 5 rings (SSSR count). The average Bonchev–Trinajstić information content (AvgIpc) is 3.51. The van der Waals surface area contributed by atoms with E-state index in [-0.39, 0.29) is 23.7 Å². The molecular formula is C24H22N4O2. The van der Waals surface area contributed by atoms with E-state index < -0.39 is 0 Å². The Hall–Kier alpha value is -3.67. The Morgan fingerprint density at radius 2 is 2.10 bits per heavy atom. The van der Waals surface area contributed by atoms with Gasteiger partial charge in [0.15, 0.2) is 0 Å². The molecule has 30 heavy (non-hydrogen) atoms. The van der Waals surface area contributed by atoms with Crippen LogP contribution in [0.3, 0.4) is 0 Å². The highest BCUT2D eigenvalue weighted by Crippen LogP contribution is 2.48. The summed E-state index contributed by atoms with van der Waals surface area (Å²) in [6, 6.07) is 13.7. The number of benzene rings is 2. The van der Waals surface area contributed by atoms with Crippen LogP contribution in [0.25, 0.3) is 17.0 Å². The summed E-state index contributed by atoms with van der Waals surface area (Å²) in [4.78, 5) is 28.7. The van der Waals surface area contributed by atoms with E-state index in [1.165, 1.54) is 5.56 Å². The van der Waals surface area contributed by atoms with Crippen molar-refractivity contribution in [3.63, 3.8) is 0 Å². The van der Waals surface area contributed by atoms with E-state index in [1.807, 2.05) is 36.4 Å². The van der Waals surface area contributed by atoms with Crippen molar-refractivity contribution in [1.29, 1.82) is 0 Å². The monoisotopic (exact) mass is 398 g/mol. The van der Waals surface area contributed by atoms with Crippen LogP contribution < -0.4 is 10.7 Å². The molecule has 3 aromatic rings. The fourth-order valence-electron chi connectivity index (χ4n) is 4.13. The lowest BCUT2D eigenvalue weighted by atomic mass is 10.0. The first-order valence-corrected chi connectivity index (χ1v) is 10.2. The average molecular weight is 398 g/mol. The van der Waals surface area contributed by atoms with Crippen molar-refractivity contribution < 1.29 is 9.59 Å². The number of hydrogen-bond acceptors (Lipinski definition) is 3. The van der Waals surface area contributed by atoms with E-state index in [0.29, 0.717) is 11.3 Å². The van der Waals surface area contributed by atoms with Gasteiger partial charge in [0.1, 0.15) is 0 Å². The number of rotatable bonds is 5. The second-order valence-corrected chi connectivity index (χ2v) is 7.76. The molecule has 3 N–H and O–H groups in total. The maximum absolute atomic E-state index is 12.8. The number of carbonyl (C=O) groups excluding carboxylic acids is 2. The minimum Gasteiger partial charge on any atom is -0.354 e. The molecule has 2 aliphatic rings. The zero-order chi connectivity index (χ0) is 20.7. The second kappa shape index (κ2) is 7.30. The number of carbonyl (C=O) groups is 2. The standard InChI is InChI=1S/C24H22N4O2/c1-2-3-9-20-19-13-25-28-24(30)18-10-15(11-21(27-20)22(18)19)26-23(29)17-12-16(17)14-7-5-4-6-8-14/h3-11,13,16-17,27H,2,12H2,1H3,(H,26,29)(H,28,30)/b9-3+/t16-,17+/m0/s1. The summed E-state index contributed by atoms with van der Waals surface area (Å²) in [6.07, 6.45) is 7.46. The quantitative estimate of drug-likeness (QED) is 0.595. The minimum absolute atomic E-state index is 0.0152. The van der Waals surface area contributed by atoms with Gasteiger partial charge in [0, 0.05) is 33.8 Å². The van der Waals surface area contributed by atoms with Crippen LogP contribution in [0.2, 0.25) is 0 Å². The Balaban J connectivity index is 1.46. The number of aromatic nitrogens is 1. The highest BCUT2D eigenvalue weighted by molar-refractivity contribution is 6.17. The number of anilines is 1. The molecule has 1 aliphatic heterocycles. The Labute approximate surface area is 174 Å². The Morgan fingerprint density at radius 3 is 2.90 bits per heavy atom. The Morgan fingerprint density at radius 1 is 1.27 bits per heavy atom. The highest BCUT2D eigenvalue weighted by Gasteiger charge is 2.43. The van der Waals surface area contributed by atoms with Gasteiger partial charge in [0.25, 0.3) is 5.91 Å². The van der Waals surface area contributed by atoms with Gasteiger partial charge in [-0.3, -0.25) is 9.59 Å². The third-order valence-corrected chi connectivity index (χ3v) is 5.71. The molecular weight excluding hydrogens is 376 g/mol. The molecule has 2 atom stereocenters. The van der Waals surface area contributed by atoms with Gasteiger partial charge in [0.2, 0.25) is 5.91 Å². The fraction of sp³-hybridized carbons (Fsp3) is 0.208. The topological polar surface area (TPSA) is 86.3 Å². The number of H-pyrrole nitrogens is 1. The second-order valence-electron chi connectivity index (χ2n) is 7.76. The number of hydrazone groups is 1. The van der Waals surface area contributed by atoms with Gasteiger partial charge in [0.05, 0.1) is 11.8 Å². The number of hydrogen-bond donors (Lipinski definition) is 3. The van der Waals surface area contributed by atoms with Gasteiger partial charge in [-0.2, -0.15) is 5.10 Å². The van der Waals surface area contributed by atoms with Crippen LogP contribution in [-0.2, 0) is 4.79 Å². The lowest BCUT2D eigenvalue weighted by molar-refractivity contribution is -0.117. The van der Waals surface area contributed by atoms with E-state index in [2.05, 4.69) is 39.9 Å². The summed E-state index contributed by atoms with van der Waals surface area (Å²) < 4.78 is 0. The SMILES string of the molecule is CC/C=C/c1[nH]c2cc(NC(=O)[C@@H]3C[C@H]3c3ccccc3)cc3c2c1C=NNC3=O. The van der Waals surface area contributed by atoms with E-state index in [0.717, 1.165) is 35.0 Å². The predicted octanol–water partition coefficient (Wildman–Crippen LogP) is 4.41. The first kappa shape index (κ1) is 18.4. The van der Waals surface area contributed by atoms with Crippen molar-refractivity contribution >= 4 is 40.7 Å². The van der Waals surface area contributed by atoms with Crippen molar-refractivity contribution in [2.24, 2.45) is 11.0 Å². The molecule has 1 aromatic heterocycles. The van der Waals surface area contributed by atoms with Crippen molar-refractivity contribution in [2.75, 3.05) is 5.32 Å². The van der Waals surface area contributed by atoms with Crippen molar-refractivity contribution in [1.82, 2.24) is 10.4 Å². The van der Waals surface area contributed by atoms with Crippen molar-refractivity contribution in [3.8, 4) is 0 Å². The molecule has 1 aliphatic carbocycles. The first-order valence-electron chi connectivity index (χ1n) is 10.2. The summed E-state index contributed by atoms with van der Waals surface area (Å²) in [7, 11) is 0. The molecule has 6 nitrogen and oxygen atoms in total. The molecule has 2 aromatic carbocycles. The number of aromatic amines is 1. The molecule has 6 heteroatoms. The van der Waals surface area contributed by atoms with E-state index in [4.69, 9.17) is 0 Å². The lowest BCUT2D eigenvalue weighted by Gasteiger charge is -2.08. The first-order chi connectivity index (χ1) is 14.7. The molecule has 2 amide bonds. The zero-order valence-corrected chi connectivity index (χ0v) is 16.6. The van der Waals surface area contributed by atoms with Gasteiger partial charge in [-0.1, -0.05) is 43.3 Å². The summed E-state index contributed by atoms with van der Waals surface area (Å²) in [5.41, 5.74) is 7.40. The van der Waals surface area contributed by atoms with E-state index in [9.17, 15) is 9.59 Å². The fourth-order valence-corrected chi connectivity index (χ4v) is 4.13. The van der Waals surface area contributed by atoms with Gasteiger partial charge in [-0.25, -0.2) is 5.43 Å². The number of nitrogens with zero attached hydrogens (tertiary/aromatic N) is 1. The van der Waals surface area contributed by atoms with Crippen LogP contribution in [0.1, 0.15) is 52.9 Å². The minimum atomic E-state index is -0.287. The molecule has 0 bridgehead atoms. The van der Waals surface area contributed by atoms with Crippen LogP contribution >= 0.6 is 0 Å². The maximum atomic E-state index is 12.8. The van der Waals surface area contributed by atoms with Gasteiger partial charge in [-0.15, -0.1) is 0 Å². The summed E-state index contributed by atoms with van der Waals surface area (Å²) >= 11 is 0. The van der Waals surface area contributed by atoms with Gasteiger partial charge >= 0.3 is 0 Å². The van der Waals surface area contributed by atoms with Crippen LogP contribution in [0, 0.1) is 5.92 Å². The molecule has 2 heterocycles. The molecule has 150 valence electrons. The largest absolute Gasteiger partial charge is 0.354 e. The summed E-state index contributed by atoms with van der Waals surface area (Å²) in [6.45, 7) is 2.07. The van der Waals surface area contributed by atoms with Crippen LogP contribution in [0.15, 0.2) is 53.6 Å². The van der Waals surface area contributed by atoms with Crippen LogP contribution in [0.4, 0.5) is 5.69 Å². The smallest absolute Gasteiger partial charge is 0.272 e. The number of amides is 2. The molecule has 0 unspecified atom stereocenters. The zero-order valence-electron chi connectivity index (χ0n) is 16.6. The molecule has 0 spiro atoms. The summed E-state index contributed by atoms with van der Waals surface area (Å²) in [5, 5.41) is 7.86. The number of nitrogens with one attached hydrogen (secondary N) is 3. The van der Waals surface area contributed by atoms with Crippen LogP contribution in [-0.4, -0.2) is 23.0 Å². The summed E-state index contributed by atoms with van der Waals surface area (Å²) in [5.74, 6) is -0.0824. The van der Waals surface area contributed by atoms with E-state index in [1.54, 1.807) is 12.3 Å². The highest BCUT2D eigenvalue weighted by atomic mass is 16.2. The lowest BCUT2D eigenvalue weighted by Crippen LogP contribution is -2.18. The third-order valence-electron chi connectivity index (χ3n) is 5.71. The maximum Gasteiger partial charge on any atom is 0.272 e. The molecule has 0 saturated heterocycles.